The first-order chi connectivity index (χ1) is 20.7. The lowest BCUT2D eigenvalue weighted by molar-refractivity contribution is -0.147. The number of piperazine rings is 1. The van der Waals surface area contributed by atoms with E-state index in [1.54, 1.807) is 17.2 Å². The van der Waals surface area contributed by atoms with Gasteiger partial charge in [0.15, 0.2) is 10.8 Å². The third-order valence-corrected chi connectivity index (χ3v) is 9.09. The first-order valence-electron chi connectivity index (χ1n) is 14.4. The second kappa shape index (κ2) is 15.4. The van der Waals surface area contributed by atoms with Crippen molar-refractivity contribution in [3.63, 3.8) is 0 Å². The van der Waals surface area contributed by atoms with Crippen LogP contribution < -0.4 is 11.1 Å². The highest BCUT2D eigenvalue weighted by atomic mass is 35.5. The van der Waals surface area contributed by atoms with Crippen molar-refractivity contribution in [1.82, 2.24) is 20.1 Å². The van der Waals surface area contributed by atoms with Crippen LogP contribution in [0.1, 0.15) is 61.6 Å². The number of rotatable bonds is 13. The van der Waals surface area contributed by atoms with Crippen molar-refractivity contribution in [2.24, 2.45) is 16.6 Å². The summed E-state index contributed by atoms with van der Waals surface area (Å²) in [7, 11) is 1.33. The minimum Gasteiger partial charge on any atom is -0.481 e. The number of ether oxygens (including phenoxy) is 1. The van der Waals surface area contributed by atoms with Crippen LogP contribution in [0.2, 0.25) is 5.02 Å². The van der Waals surface area contributed by atoms with Crippen LogP contribution in [0.4, 0.5) is 9.18 Å². The summed E-state index contributed by atoms with van der Waals surface area (Å²) in [6.07, 6.45) is 6.87. The number of aliphatic carboxylic acids is 1. The fourth-order valence-electron chi connectivity index (χ4n) is 5.88. The number of methoxy groups -OCH3 is 1. The monoisotopic (exact) mass is 636 g/mol. The van der Waals surface area contributed by atoms with E-state index in [0.717, 1.165) is 32.1 Å². The molecular formula is C29H38ClFN6O5S. The summed E-state index contributed by atoms with van der Waals surface area (Å²) in [6.45, 7) is 2.03. The molecule has 2 aliphatic heterocycles. The van der Waals surface area contributed by atoms with E-state index >= 15 is 0 Å². The van der Waals surface area contributed by atoms with E-state index in [9.17, 15) is 18.8 Å². The number of carbonyl (C=O) groups is 3. The van der Waals surface area contributed by atoms with Gasteiger partial charge < -0.3 is 25.8 Å². The van der Waals surface area contributed by atoms with E-state index in [1.165, 1.54) is 30.6 Å². The molecule has 234 valence electrons. The summed E-state index contributed by atoms with van der Waals surface area (Å²) in [5.74, 6) is -1.99. The summed E-state index contributed by atoms with van der Waals surface area (Å²) in [6, 6.07) is 2.30. The number of amides is 2. The fraction of sp³-hybridized carbons (Fsp3) is 0.552. The number of primary amides is 1. The number of aromatic nitrogens is 1. The Balaban J connectivity index is 1.51. The molecule has 1 saturated heterocycles. The van der Waals surface area contributed by atoms with E-state index in [-0.39, 0.29) is 17.5 Å². The molecule has 1 aromatic heterocycles. The quantitative estimate of drug-likeness (QED) is 0.220. The molecule has 4 N–H and O–H groups in total. The Kier molecular flexibility index (Phi) is 11.7. The maximum absolute atomic E-state index is 13.9. The lowest BCUT2D eigenvalue weighted by Gasteiger charge is -2.44. The number of esters is 1. The lowest BCUT2D eigenvalue weighted by Crippen LogP contribution is -2.61. The van der Waals surface area contributed by atoms with E-state index in [1.807, 2.05) is 5.38 Å². The molecule has 3 heterocycles. The molecular weight excluding hydrogens is 599 g/mol. The zero-order valence-electron chi connectivity index (χ0n) is 24.1. The van der Waals surface area contributed by atoms with Gasteiger partial charge in [-0.05, 0) is 30.5 Å². The van der Waals surface area contributed by atoms with Crippen LogP contribution in [0.25, 0.3) is 0 Å². The number of urea groups is 1. The maximum Gasteiger partial charge on any atom is 0.315 e. The molecule has 0 aliphatic carbocycles. The highest BCUT2D eigenvalue weighted by molar-refractivity contribution is 7.11. The number of nitrogens with two attached hydrogens (primary N) is 1. The minimum absolute atomic E-state index is 0.0973. The number of hydrogen-bond donors (Lipinski definition) is 3. The number of nitrogens with zero attached hydrogens (tertiary/aromatic N) is 4. The molecule has 2 aliphatic rings. The van der Waals surface area contributed by atoms with Gasteiger partial charge in [0.1, 0.15) is 11.7 Å². The van der Waals surface area contributed by atoms with Gasteiger partial charge in [0.05, 0.1) is 19.2 Å². The Labute approximate surface area is 259 Å². The summed E-state index contributed by atoms with van der Waals surface area (Å²) in [5.41, 5.74) is 6.24. The number of nitrogens with one attached hydrogen (secondary N) is 1. The van der Waals surface area contributed by atoms with E-state index in [2.05, 4.69) is 15.2 Å². The van der Waals surface area contributed by atoms with Crippen molar-refractivity contribution >= 4 is 46.7 Å². The van der Waals surface area contributed by atoms with Gasteiger partial charge in [-0.15, -0.1) is 11.3 Å². The first-order valence-corrected chi connectivity index (χ1v) is 15.7. The lowest BCUT2D eigenvalue weighted by atomic mass is 9.85. The van der Waals surface area contributed by atoms with E-state index in [4.69, 9.17) is 32.2 Å². The Bertz CT molecular complexity index is 1300. The summed E-state index contributed by atoms with van der Waals surface area (Å²) in [5, 5.41) is 14.9. The highest BCUT2D eigenvalue weighted by Crippen LogP contribution is 2.38. The number of carbonyl (C=O) groups excluding carboxylic acids is 2. The predicted octanol–water partition coefficient (Wildman–Crippen LogP) is 4.06. The normalized spacial score (nSPS) is 22.5. The average molecular weight is 637 g/mol. The zero-order valence-corrected chi connectivity index (χ0v) is 25.7. The van der Waals surface area contributed by atoms with Gasteiger partial charge in [-0.25, -0.2) is 14.2 Å². The van der Waals surface area contributed by atoms with Gasteiger partial charge in [0, 0.05) is 55.2 Å². The van der Waals surface area contributed by atoms with Crippen LogP contribution in [-0.2, 0) is 14.3 Å². The van der Waals surface area contributed by atoms with Gasteiger partial charge in [-0.3, -0.25) is 19.5 Å². The van der Waals surface area contributed by atoms with Crippen LogP contribution >= 0.6 is 22.9 Å². The molecule has 14 heteroatoms. The number of thiazole rings is 1. The van der Waals surface area contributed by atoms with Gasteiger partial charge >= 0.3 is 18.0 Å². The number of hydrogen-bond acceptors (Lipinski definition) is 9. The number of carboxylic acid groups (broad SMARTS) is 1. The van der Waals surface area contributed by atoms with Gasteiger partial charge in [-0.1, -0.05) is 43.4 Å². The Hall–Kier alpha value is -3.29. The summed E-state index contributed by atoms with van der Waals surface area (Å²) in [4.78, 5) is 49.4. The molecule has 0 saturated carbocycles. The minimum atomic E-state index is -0.779. The Morgan fingerprint density at radius 3 is 2.65 bits per heavy atom. The second-order valence-electron chi connectivity index (χ2n) is 10.9. The molecule has 11 nitrogen and oxygen atoms in total. The molecule has 0 bridgehead atoms. The summed E-state index contributed by atoms with van der Waals surface area (Å²) >= 11 is 7.88. The highest BCUT2D eigenvalue weighted by Gasteiger charge is 2.44. The smallest absolute Gasteiger partial charge is 0.315 e. The van der Waals surface area contributed by atoms with Crippen molar-refractivity contribution < 1.29 is 28.6 Å². The van der Waals surface area contributed by atoms with Crippen LogP contribution in [0.5, 0.6) is 0 Å². The molecule has 2 aromatic rings. The zero-order chi connectivity index (χ0) is 30.9. The summed E-state index contributed by atoms with van der Waals surface area (Å²) < 4.78 is 19.2. The standard InChI is InChI=1S/C29H38ClFN6O5S/c1-42-28(40)24-22(34-26(27-33-11-14-43-27)35-25(24)20-10-9-18(31)15-21(20)30)17-36-12-13-37(29(32)41)19(16-36)7-5-3-2-4-6-8-23(38)39/h9-11,14-15,19,22,24-25H,2-8,12-13,16-17H2,1H3,(H2,32,41)(H,34,35)(H,38,39)/t19-,22?,24?,25+/m1/s1. The molecule has 0 radical (unpaired) electrons. The topological polar surface area (TPSA) is 150 Å². The number of amidine groups is 1. The Morgan fingerprint density at radius 1 is 1.21 bits per heavy atom. The third kappa shape index (κ3) is 8.64. The molecule has 43 heavy (non-hydrogen) atoms. The van der Waals surface area contributed by atoms with Crippen molar-refractivity contribution in [2.75, 3.05) is 33.3 Å². The van der Waals surface area contributed by atoms with Crippen LogP contribution in [0.15, 0.2) is 34.8 Å². The maximum atomic E-state index is 13.9. The second-order valence-corrected chi connectivity index (χ2v) is 12.2. The molecule has 4 rings (SSSR count). The van der Waals surface area contributed by atoms with Crippen molar-refractivity contribution in [3.8, 4) is 0 Å². The number of benzene rings is 1. The van der Waals surface area contributed by atoms with E-state index < -0.39 is 41.8 Å². The fourth-order valence-corrected chi connectivity index (χ4v) is 6.75. The van der Waals surface area contributed by atoms with Crippen molar-refractivity contribution in [1.29, 1.82) is 0 Å². The number of halogens is 2. The van der Waals surface area contributed by atoms with Crippen LogP contribution in [-0.4, -0.2) is 89.1 Å². The number of carboxylic acids is 1. The Morgan fingerprint density at radius 2 is 1.98 bits per heavy atom. The van der Waals surface area contributed by atoms with Crippen LogP contribution in [0.3, 0.4) is 0 Å². The van der Waals surface area contributed by atoms with Crippen molar-refractivity contribution in [3.05, 3.63) is 51.2 Å². The van der Waals surface area contributed by atoms with Gasteiger partial charge in [-0.2, -0.15) is 0 Å². The molecule has 1 fully saturated rings. The predicted molar refractivity (Wildman–Crippen MR) is 162 cm³/mol. The van der Waals surface area contributed by atoms with Crippen molar-refractivity contribution in [2.45, 2.75) is 63.1 Å². The molecule has 0 spiro atoms. The molecule has 4 atom stereocenters. The van der Waals surface area contributed by atoms with Gasteiger partial charge in [0.2, 0.25) is 0 Å². The average Bonchev–Trinajstić information content (AvgIpc) is 3.51. The van der Waals surface area contributed by atoms with Crippen LogP contribution in [0, 0.1) is 11.7 Å². The molecule has 2 amide bonds. The largest absolute Gasteiger partial charge is 0.481 e. The molecule has 2 unspecified atom stereocenters. The SMILES string of the molecule is COC(=O)C1C(CN2CCN(C(N)=O)[C@H](CCCCCCCC(=O)O)C2)NC(c2nccs2)=N[C@H]1c1ccc(F)cc1Cl. The van der Waals surface area contributed by atoms with Gasteiger partial charge in [0.25, 0.3) is 0 Å². The first kappa shape index (κ1) is 32.6. The molecule has 1 aromatic carbocycles. The number of aliphatic imine (C=N–C) groups is 1. The number of unbranched alkanes of at least 4 members (excludes halogenated alkanes) is 4. The third-order valence-electron chi connectivity index (χ3n) is 7.99. The van der Waals surface area contributed by atoms with E-state index in [0.29, 0.717) is 49.0 Å².